The summed E-state index contributed by atoms with van der Waals surface area (Å²) < 4.78 is 2.02. The van der Waals surface area contributed by atoms with E-state index in [4.69, 9.17) is 23.2 Å². The molecule has 1 N–H and O–H groups in total. The van der Waals surface area contributed by atoms with Crippen LogP contribution in [-0.2, 0) is 6.54 Å². The Morgan fingerprint density at radius 3 is 2.50 bits per heavy atom. The number of carbonyl (C=O) groups is 1. The van der Waals surface area contributed by atoms with Gasteiger partial charge < -0.3 is 5.32 Å². The highest BCUT2D eigenvalue weighted by atomic mass is 35.5. The number of aryl methyl sites for hydroxylation is 2. The first-order valence-corrected chi connectivity index (χ1v) is 9.73. The van der Waals surface area contributed by atoms with Crippen molar-refractivity contribution in [3.8, 4) is 0 Å². The van der Waals surface area contributed by atoms with Gasteiger partial charge in [-0.25, -0.2) is 0 Å². The minimum absolute atomic E-state index is 0.0914. The van der Waals surface area contributed by atoms with E-state index in [0.717, 1.165) is 48.6 Å². The van der Waals surface area contributed by atoms with Crippen LogP contribution < -0.4 is 5.32 Å². The predicted molar refractivity (Wildman–Crippen MR) is 104 cm³/mol. The number of nitrogens with one attached hydrogen (secondary N) is 1. The van der Waals surface area contributed by atoms with E-state index in [2.05, 4.69) is 15.4 Å². The van der Waals surface area contributed by atoms with Gasteiger partial charge in [0.1, 0.15) is 0 Å². The van der Waals surface area contributed by atoms with Gasteiger partial charge >= 0.3 is 0 Å². The molecule has 1 aliphatic carbocycles. The largest absolute Gasteiger partial charge is 0.349 e. The van der Waals surface area contributed by atoms with Gasteiger partial charge in [-0.05, 0) is 58.4 Å². The van der Waals surface area contributed by atoms with Crippen LogP contribution in [0.25, 0.3) is 0 Å². The molecule has 0 unspecified atom stereocenters. The van der Waals surface area contributed by atoms with Crippen LogP contribution in [0.2, 0.25) is 10.0 Å². The summed E-state index contributed by atoms with van der Waals surface area (Å²) in [5, 5.41) is 8.90. The smallest absolute Gasteiger partial charge is 0.253 e. The van der Waals surface area contributed by atoms with E-state index in [1.54, 1.807) is 12.3 Å². The quantitative estimate of drug-likeness (QED) is 0.829. The number of amides is 1. The monoisotopic (exact) mass is 394 g/mol. The van der Waals surface area contributed by atoms with Crippen molar-refractivity contribution in [2.75, 3.05) is 0 Å². The first kappa shape index (κ1) is 19.2. The van der Waals surface area contributed by atoms with Crippen LogP contribution in [-0.4, -0.2) is 26.7 Å². The second kappa shape index (κ2) is 7.97. The highest BCUT2D eigenvalue weighted by Gasteiger charge is 2.24. The molecule has 0 radical (unpaired) electrons. The van der Waals surface area contributed by atoms with Crippen LogP contribution in [0.5, 0.6) is 0 Å². The van der Waals surface area contributed by atoms with Crippen molar-refractivity contribution in [1.82, 2.24) is 20.1 Å². The summed E-state index contributed by atoms with van der Waals surface area (Å²) >= 11 is 12.2. The van der Waals surface area contributed by atoms with Gasteiger partial charge in [0, 0.05) is 18.8 Å². The molecule has 2 aromatic heterocycles. The summed E-state index contributed by atoms with van der Waals surface area (Å²) in [6.07, 6.45) is 5.62. The van der Waals surface area contributed by atoms with E-state index in [-0.39, 0.29) is 11.9 Å². The van der Waals surface area contributed by atoms with Crippen LogP contribution in [0, 0.1) is 26.7 Å². The van der Waals surface area contributed by atoms with Gasteiger partial charge in [-0.2, -0.15) is 5.10 Å². The van der Waals surface area contributed by atoms with Crippen molar-refractivity contribution >= 4 is 29.1 Å². The molecule has 0 atom stereocenters. The minimum Gasteiger partial charge on any atom is -0.349 e. The lowest BCUT2D eigenvalue weighted by Crippen LogP contribution is -2.38. The Morgan fingerprint density at radius 2 is 1.88 bits per heavy atom. The van der Waals surface area contributed by atoms with Gasteiger partial charge in [0.15, 0.2) is 0 Å². The second-order valence-electron chi connectivity index (χ2n) is 7.14. The highest BCUT2D eigenvalue weighted by molar-refractivity contribution is 6.31. The number of aromatic nitrogens is 3. The van der Waals surface area contributed by atoms with Gasteiger partial charge in [-0.15, -0.1) is 0 Å². The van der Waals surface area contributed by atoms with Crippen LogP contribution >= 0.6 is 23.2 Å². The lowest BCUT2D eigenvalue weighted by molar-refractivity contribution is 0.0919. The maximum atomic E-state index is 12.5. The Hall–Kier alpha value is -1.59. The third-order valence-corrected chi connectivity index (χ3v) is 5.96. The number of rotatable bonds is 4. The molecule has 7 heteroatoms. The normalized spacial score (nSPS) is 20.2. The maximum absolute atomic E-state index is 12.5. The average molecular weight is 395 g/mol. The Morgan fingerprint density at radius 1 is 1.19 bits per heavy atom. The lowest BCUT2D eigenvalue weighted by Gasteiger charge is -2.29. The maximum Gasteiger partial charge on any atom is 0.253 e. The minimum atomic E-state index is -0.0914. The molecule has 5 nitrogen and oxygen atoms in total. The molecule has 26 heavy (non-hydrogen) atoms. The van der Waals surface area contributed by atoms with Crippen LogP contribution in [0.15, 0.2) is 12.3 Å². The zero-order valence-electron chi connectivity index (χ0n) is 15.4. The molecule has 1 fully saturated rings. The zero-order valence-corrected chi connectivity index (χ0v) is 16.9. The number of carbonyl (C=O) groups excluding carboxylic acids is 1. The molecule has 1 amide bonds. The van der Waals surface area contributed by atoms with E-state index in [1.165, 1.54) is 0 Å². The topological polar surface area (TPSA) is 59.8 Å². The SMILES string of the molecule is Cc1ncc(Cl)cc1C(=O)N[C@H]1CC[C@H](Cn2nc(C)c(Cl)c2C)CC1. The molecule has 0 bridgehead atoms. The third-order valence-electron chi connectivity index (χ3n) is 5.20. The summed E-state index contributed by atoms with van der Waals surface area (Å²) in [6, 6.07) is 1.87. The van der Waals surface area contributed by atoms with Crippen molar-refractivity contribution < 1.29 is 4.79 Å². The van der Waals surface area contributed by atoms with Gasteiger partial charge in [0.2, 0.25) is 0 Å². The molecule has 0 aromatic carbocycles. The van der Waals surface area contributed by atoms with Crippen molar-refractivity contribution in [2.24, 2.45) is 5.92 Å². The van der Waals surface area contributed by atoms with Gasteiger partial charge in [0.05, 0.1) is 32.7 Å². The summed E-state index contributed by atoms with van der Waals surface area (Å²) in [5.74, 6) is 0.470. The summed E-state index contributed by atoms with van der Waals surface area (Å²) in [7, 11) is 0. The molecular weight excluding hydrogens is 371 g/mol. The first-order valence-electron chi connectivity index (χ1n) is 8.97. The Labute approximate surface area is 164 Å². The van der Waals surface area contributed by atoms with E-state index in [9.17, 15) is 4.79 Å². The second-order valence-corrected chi connectivity index (χ2v) is 7.96. The number of hydrogen-bond acceptors (Lipinski definition) is 3. The van der Waals surface area contributed by atoms with Crippen LogP contribution in [0.3, 0.4) is 0 Å². The Balaban J connectivity index is 1.54. The van der Waals surface area contributed by atoms with Gasteiger partial charge in [-0.1, -0.05) is 23.2 Å². The van der Waals surface area contributed by atoms with Crippen molar-refractivity contribution in [1.29, 1.82) is 0 Å². The molecular formula is C19H24Cl2N4O. The number of pyridine rings is 1. The molecule has 0 aliphatic heterocycles. The molecule has 2 heterocycles. The third kappa shape index (κ3) is 4.21. The number of hydrogen-bond donors (Lipinski definition) is 1. The average Bonchev–Trinajstić information content (AvgIpc) is 2.85. The fourth-order valence-electron chi connectivity index (χ4n) is 3.59. The van der Waals surface area contributed by atoms with E-state index < -0.39 is 0 Å². The molecule has 0 spiro atoms. The van der Waals surface area contributed by atoms with E-state index >= 15 is 0 Å². The van der Waals surface area contributed by atoms with E-state index in [0.29, 0.717) is 22.2 Å². The standard InChI is InChI=1S/C19H24Cl2N4O/c1-11-17(8-15(20)9-22-11)19(26)23-16-6-4-14(5-7-16)10-25-13(3)18(21)12(2)24-25/h8-9,14,16H,4-7,10H2,1-3H3,(H,23,26)/t14-,16-. The van der Waals surface area contributed by atoms with Gasteiger partial charge in [-0.3, -0.25) is 14.5 Å². The van der Waals surface area contributed by atoms with E-state index in [1.807, 2.05) is 25.5 Å². The Bertz CT molecular complexity index is 810. The first-order chi connectivity index (χ1) is 12.3. The fraction of sp³-hybridized carbons (Fsp3) is 0.526. The molecule has 0 saturated heterocycles. The van der Waals surface area contributed by atoms with Crippen LogP contribution in [0.1, 0.15) is 53.1 Å². The van der Waals surface area contributed by atoms with Crippen molar-refractivity contribution in [2.45, 2.75) is 59.0 Å². The number of halogens is 2. The van der Waals surface area contributed by atoms with Crippen molar-refractivity contribution in [3.63, 3.8) is 0 Å². The molecule has 140 valence electrons. The molecule has 1 saturated carbocycles. The zero-order chi connectivity index (χ0) is 18.8. The molecule has 2 aromatic rings. The predicted octanol–water partition coefficient (Wildman–Crippen LogP) is 4.50. The Kier molecular flexibility index (Phi) is 5.88. The molecule has 1 aliphatic rings. The molecule has 3 rings (SSSR count). The summed E-state index contributed by atoms with van der Waals surface area (Å²) in [6.45, 7) is 6.65. The van der Waals surface area contributed by atoms with Gasteiger partial charge in [0.25, 0.3) is 5.91 Å². The van der Waals surface area contributed by atoms with Crippen molar-refractivity contribution in [3.05, 3.63) is 45.0 Å². The fourth-order valence-corrected chi connectivity index (χ4v) is 3.88. The van der Waals surface area contributed by atoms with Crippen LogP contribution in [0.4, 0.5) is 0 Å². The number of nitrogens with zero attached hydrogens (tertiary/aromatic N) is 3. The highest BCUT2D eigenvalue weighted by Crippen LogP contribution is 2.28. The summed E-state index contributed by atoms with van der Waals surface area (Å²) in [4.78, 5) is 16.7. The lowest BCUT2D eigenvalue weighted by atomic mass is 9.86. The summed E-state index contributed by atoms with van der Waals surface area (Å²) in [5.41, 5.74) is 3.16.